The van der Waals surface area contributed by atoms with E-state index in [0.717, 1.165) is 18.1 Å². The minimum absolute atomic E-state index is 0.208. The smallest absolute Gasteiger partial charge is 0.191 e. The Morgan fingerprint density at radius 1 is 1.04 bits per heavy atom. The molecule has 5 heteroatoms. The van der Waals surface area contributed by atoms with Crippen molar-refractivity contribution in [3.8, 4) is 0 Å². The summed E-state index contributed by atoms with van der Waals surface area (Å²) >= 11 is 0. The molecule has 0 aromatic heterocycles. The van der Waals surface area contributed by atoms with Crippen LogP contribution < -0.4 is 10.6 Å². The van der Waals surface area contributed by atoms with Crippen LogP contribution in [0.3, 0.4) is 0 Å². The van der Waals surface area contributed by atoms with Gasteiger partial charge in [0, 0.05) is 32.1 Å². The van der Waals surface area contributed by atoms with Gasteiger partial charge in [-0.2, -0.15) is 0 Å². The predicted octanol–water partition coefficient (Wildman–Crippen LogP) is 3.53. The third kappa shape index (κ3) is 6.36. The second-order valence-electron chi connectivity index (χ2n) is 7.68. The van der Waals surface area contributed by atoms with Gasteiger partial charge >= 0.3 is 0 Å². The van der Waals surface area contributed by atoms with Crippen molar-refractivity contribution in [2.45, 2.75) is 32.4 Å². The molecule has 2 aromatic carbocycles. The second kappa shape index (κ2) is 9.51. The number of hydrogen-bond acceptors (Lipinski definition) is 2. The molecule has 0 aliphatic heterocycles. The normalized spacial score (nSPS) is 12.3. The number of guanidine groups is 1. The fourth-order valence-corrected chi connectivity index (χ4v) is 2.94. The number of rotatable bonds is 7. The molecule has 0 amide bonds. The lowest BCUT2D eigenvalue weighted by Gasteiger charge is -2.27. The Bertz CT molecular complexity index is 768. The highest BCUT2D eigenvalue weighted by atomic mass is 19.1. The van der Waals surface area contributed by atoms with Crippen molar-refractivity contribution in [3.05, 3.63) is 71.0 Å². The molecule has 0 saturated heterocycles. The van der Waals surface area contributed by atoms with Gasteiger partial charge in [0.05, 0.1) is 0 Å². The van der Waals surface area contributed by atoms with Gasteiger partial charge in [-0.05, 0) is 42.9 Å². The first-order valence-corrected chi connectivity index (χ1v) is 9.24. The van der Waals surface area contributed by atoms with Crippen LogP contribution in [-0.2, 0) is 18.5 Å². The quantitative estimate of drug-likeness (QED) is 0.579. The number of benzene rings is 2. The average Bonchev–Trinajstić information content (AvgIpc) is 2.62. The molecule has 0 bridgehead atoms. The zero-order chi connectivity index (χ0) is 19.9. The summed E-state index contributed by atoms with van der Waals surface area (Å²) in [4.78, 5) is 6.48. The maximum atomic E-state index is 13.5. The standard InChI is InChI=1S/C22H31FN4/c1-22(2,19-11-8-12-20(23)13-19)16-26-21(24-3)25-14-17-9-6-7-10-18(17)15-27(4)5/h6-13H,14-16H2,1-5H3,(H2,24,25,26). The highest BCUT2D eigenvalue weighted by molar-refractivity contribution is 5.79. The van der Waals surface area contributed by atoms with Crippen LogP contribution in [0.15, 0.2) is 53.5 Å². The molecule has 0 heterocycles. The van der Waals surface area contributed by atoms with Crippen molar-refractivity contribution in [2.24, 2.45) is 4.99 Å². The van der Waals surface area contributed by atoms with Crippen molar-refractivity contribution in [3.63, 3.8) is 0 Å². The van der Waals surface area contributed by atoms with E-state index < -0.39 is 0 Å². The predicted molar refractivity (Wildman–Crippen MR) is 111 cm³/mol. The Labute approximate surface area is 162 Å². The van der Waals surface area contributed by atoms with Gasteiger partial charge in [-0.1, -0.05) is 50.2 Å². The zero-order valence-electron chi connectivity index (χ0n) is 17.0. The van der Waals surface area contributed by atoms with E-state index >= 15 is 0 Å². The van der Waals surface area contributed by atoms with Gasteiger partial charge in [-0.25, -0.2) is 4.39 Å². The molecule has 0 radical (unpaired) electrons. The maximum Gasteiger partial charge on any atom is 0.191 e. The summed E-state index contributed by atoms with van der Waals surface area (Å²) < 4.78 is 13.5. The summed E-state index contributed by atoms with van der Waals surface area (Å²) in [6.45, 7) is 6.43. The van der Waals surface area contributed by atoms with E-state index in [1.54, 1.807) is 19.2 Å². The first-order valence-electron chi connectivity index (χ1n) is 9.24. The van der Waals surface area contributed by atoms with E-state index in [9.17, 15) is 4.39 Å². The lowest BCUT2D eigenvalue weighted by atomic mass is 9.84. The molecule has 0 aliphatic carbocycles. The first-order chi connectivity index (χ1) is 12.8. The van der Waals surface area contributed by atoms with E-state index in [1.165, 1.54) is 17.2 Å². The largest absolute Gasteiger partial charge is 0.356 e. The molecule has 4 nitrogen and oxygen atoms in total. The third-order valence-electron chi connectivity index (χ3n) is 4.58. The molecule has 0 atom stereocenters. The van der Waals surface area contributed by atoms with Crippen LogP contribution in [0.2, 0.25) is 0 Å². The molecule has 0 unspecified atom stereocenters. The highest BCUT2D eigenvalue weighted by Crippen LogP contribution is 2.22. The second-order valence-corrected chi connectivity index (χ2v) is 7.68. The van der Waals surface area contributed by atoms with Crippen LogP contribution in [0, 0.1) is 5.82 Å². The maximum absolute atomic E-state index is 13.5. The van der Waals surface area contributed by atoms with Gasteiger partial charge in [0.25, 0.3) is 0 Å². The Balaban J connectivity index is 1.97. The molecule has 0 saturated carbocycles. The van der Waals surface area contributed by atoms with Crippen LogP contribution in [-0.4, -0.2) is 38.5 Å². The van der Waals surface area contributed by atoms with Crippen molar-refractivity contribution < 1.29 is 4.39 Å². The summed E-state index contributed by atoms with van der Waals surface area (Å²) in [7, 11) is 5.90. The van der Waals surface area contributed by atoms with E-state index in [4.69, 9.17) is 0 Å². The first kappa shape index (κ1) is 20.9. The van der Waals surface area contributed by atoms with Crippen LogP contribution in [0.4, 0.5) is 4.39 Å². The molecule has 2 rings (SSSR count). The van der Waals surface area contributed by atoms with Crippen molar-refractivity contribution >= 4 is 5.96 Å². The number of hydrogen-bond donors (Lipinski definition) is 2. The molecule has 0 fully saturated rings. The minimum atomic E-state index is -0.220. The highest BCUT2D eigenvalue weighted by Gasteiger charge is 2.21. The molecule has 0 aliphatic rings. The summed E-state index contributed by atoms with van der Waals surface area (Å²) in [5, 5.41) is 6.75. The van der Waals surface area contributed by atoms with Gasteiger partial charge in [0.15, 0.2) is 5.96 Å². The van der Waals surface area contributed by atoms with E-state index in [0.29, 0.717) is 13.1 Å². The van der Waals surface area contributed by atoms with Gasteiger partial charge in [-0.15, -0.1) is 0 Å². The lowest BCUT2D eigenvalue weighted by Crippen LogP contribution is -2.43. The lowest BCUT2D eigenvalue weighted by molar-refractivity contribution is 0.400. The Hall–Kier alpha value is -2.40. The van der Waals surface area contributed by atoms with Gasteiger partial charge in [0.2, 0.25) is 0 Å². The minimum Gasteiger partial charge on any atom is -0.356 e. The summed E-state index contributed by atoms with van der Waals surface area (Å²) in [6.07, 6.45) is 0. The van der Waals surface area contributed by atoms with Gasteiger partial charge in [-0.3, -0.25) is 4.99 Å². The Kier molecular flexibility index (Phi) is 7.36. The molecular weight excluding hydrogens is 339 g/mol. The molecule has 146 valence electrons. The Morgan fingerprint density at radius 3 is 2.37 bits per heavy atom. The SMILES string of the molecule is CN=C(NCc1ccccc1CN(C)C)NCC(C)(C)c1cccc(F)c1. The summed E-state index contributed by atoms with van der Waals surface area (Å²) in [5.41, 5.74) is 3.29. The number of nitrogens with one attached hydrogen (secondary N) is 2. The molecule has 0 spiro atoms. The summed E-state index contributed by atoms with van der Waals surface area (Å²) in [5.74, 6) is 0.528. The number of halogens is 1. The van der Waals surface area contributed by atoms with Crippen molar-refractivity contribution in [1.82, 2.24) is 15.5 Å². The topological polar surface area (TPSA) is 39.7 Å². The molecule has 2 aromatic rings. The molecular formula is C22H31FN4. The molecule has 2 N–H and O–H groups in total. The fraction of sp³-hybridized carbons (Fsp3) is 0.409. The number of nitrogens with zero attached hydrogens (tertiary/aromatic N) is 2. The monoisotopic (exact) mass is 370 g/mol. The van der Waals surface area contributed by atoms with E-state index in [1.807, 2.05) is 6.07 Å². The van der Waals surface area contributed by atoms with Gasteiger partial charge < -0.3 is 15.5 Å². The van der Waals surface area contributed by atoms with E-state index in [-0.39, 0.29) is 11.2 Å². The van der Waals surface area contributed by atoms with E-state index in [2.05, 4.69) is 72.7 Å². The molecule has 27 heavy (non-hydrogen) atoms. The van der Waals surface area contributed by atoms with Crippen LogP contribution >= 0.6 is 0 Å². The Morgan fingerprint density at radius 2 is 1.74 bits per heavy atom. The van der Waals surface area contributed by atoms with Crippen molar-refractivity contribution in [1.29, 1.82) is 0 Å². The van der Waals surface area contributed by atoms with Crippen molar-refractivity contribution in [2.75, 3.05) is 27.7 Å². The third-order valence-corrected chi connectivity index (χ3v) is 4.58. The van der Waals surface area contributed by atoms with Crippen LogP contribution in [0.25, 0.3) is 0 Å². The van der Waals surface area contributed by atoms with Crippen LogP contribution in [0.1, 0.15) is 30.5 Å². The summed E-state index contributed by atoms with van der Waals surface area (Å²) in [6, 6.07) is 15.2. The average molecular weight is 371 g/mol. The zero-order valence-corrected chi connectivity index (χ0v) is 17.0. The van der Waals surface area contributed by atoms with Crippen LogP contribution in [0.5, 0.6) is 0 Å². The fourth-order valence-electron chi connectivity index (χ4n) is 2.94. The number of aliphatic imine (C=N–C) groups is 1. The van der Waals surface area contributed by atoms with Gasteiger partial charge in [0.1, 0.15) is 5.82 Å².